The number of carbonyl (C=O) groups excluding carboxylic acids is 1. The number of non-ortho nitro benzene ring substituents is 1. The zero-order chi connectivity index (χ0) is 12.5. The predicted octanol–water partition coefficient (Wildman–Crippen LogP) is 2.14. The Kier molecular flexibility index (Phi) is 2.55. The summed E-state index contributed by atoms with van der Waals surface area (Å²) >= 11 is 0. The molecular formula is C11H9NO5. The summed E-state index contributed by atoms with van der Waals surface area (Å²) < 4.78 is 9.73. The maximum absolute atomic E-state index is 11.0. The Bertz CT molecular complexity index is 498. The highest BCUT2D eigenvalue weighted by molar-refractivity contribution is 5.64. The van der Waals surface area contributed by atoms with Crippen molar-refractivity contribution in [3.63, 3.8) is 0 Å². The molecule has 1 atom stereocenters. The molecular weight excluding hydrogens is 226 g/mol. The summed E-state index contributed by atoms with van der Waals surface area (Å²) in [6, 6.07) is 5.84. The second-order valence-corrected chi connectivity index (χ2v) is 3.54. The van der Waals surface area contributed by atoms with Gasteiger partial charge in [-0.1, -0.05) is 18.7 Å². The molecule has 0 radical (unpaired) electrons. The van der Waals surface area contributed by atoms with E-state index in [9.17, 15) is 14.9 Å². The van der Waals surface area contributed by atoms with E-state index >= 15 is 0 Å². The molecule has 2 rings (SSSR count). The number of ether oxygens (including phenoxy) is 2. The number of nitro benzene ring substituents is 1. The van der Waals surface area contributed by atoms with Crippen molar-refractivity contribution in [2.24, 2.45) is 0 Å². The molecule has 6 nitrogen and oxygen atoms in total. The van der Waals surface area contributed by atoms with E-state index in [1.165, 1.54) is 24.3 Å². The number of hydrogen-bond acceptors (Lipinski definition) is 5. The molecule has 0 N–H and O–H groups in total. The number of nitro groups is 1. The second-order valence-electron chi connectivity index (χ2n) is 3.54. The van der Waals surface area contributed by atoms with E-state index < -0.39 is 16.7 Å². The quantitative estimate of drug-likeness (QED) is 0.347. The summed E-state index contributed by atoms with van der Waals surface area (Å²) in [5, 5.41) is 10.7. The predicted molar refractivity (Wildman–Crippen MR) is 57.4 cm³/mol. The SMILES string of the molecule is C=CC1(c2cccc([N+](=O)[O-])c2)COC(=O)O1. The van der Waals surface area contributed by atoms with E-state index in [0.29, 0.717) is 5.56 Å². The lowest BCUT2D eigenvalue weighted by atomic mass is 9.94. The van der Waals surface area contributed by atoms with Gasteiger partial charge in [-0.2, -0.15) is 0 Å². The molecule has 0 aromatic heterocycles. The third kappa shape index (κ3) is 1.84. The monoisotopic (exact) mass is 235 g/mol. The molecule has 1 fully saturated rings. The third-order valence-electron chi connectivity index (χ3n) is 2.55. The van der Waals surface area contributed by atoms with Gasteiger partial charge in [0.2, 0.25) is 0 Å². The highest BCUT2D eigenvalue weighted by Gasteiger charge is 2.42. The number of carbonyl (C=O) groups is 1. The summed E-state index contributed by atoms with van der Waals surface area (Å²) in [6.07, 6.45) is 0.591. The van der Waals surface area contributed by atoms with Crippen LogP contribution in [0.1, 0.15) is 5.56 Å². The molecule has 0 bridgehead atoms. The van der Waals surface area contributed by atoms with Gasteiger partial charge in [0.05, 0.1) is 4.92 Å². The van der Waals surface area contributed by atoms with Gasteiger partial charge in [-0.05, 0) is 6.08 Å². The third-order valence-corrected chi connectivity index (χ3v) is 2.55. The van der Waals surface area contributed by atoms with Crippen LogP contribution in [0.15, 0.2) is 36.9 Å². The van der Waals surface area contributed by atoms with Gasteiger partial charge in [-0.25, -0.2) is 4.79 Å². The maximum Gasteiger partial charge on any atom is 0.509 e. The van der Waals surface area contributed by atoms with Crippen molar-refractivity contribution in [1.82, 2.24) is 0 Å². The van der Waals surface area contributed by atoms with Crippen molar-refractivity contribution >= 4 is 11.8 Å². The summed E-state index contributed by atoms with van der Waals surface area (Å²) in [6.45, 7) is 3.54. The van der Waals surface area contributed by atoms with Crippen LogP contribution >= 0.6 is 0 Å². The molecule has 1 saturated heterocycles. The number of hydrogen-bond donors (Lipinski definition) is 0. The average molecular weight is 235 g/mol. The van der Waals surface area contributed by atoms with E-state index in [0.717, 1.165) is 0 Å². The molecule has 1 aliphatic rings. The van der Waals surface area contributed by atoms with Crippen LogP contribution in [0.4, 0.5) is 10.5 Å². The number of nitrogens with zero attached hydrogens (tertiary/aromatic N) is 1. The first-order valence-corrected chi connectivity index (χ1v) is 4.82. The first-order chi connectivity index (χ1) is 8.07. The maximum atomic E-state index is 11.0. The molecule has 17 heavy (non-hydrogen) atoms. The standard InChI is InChI=1S/C11H9NO5/c1-2-11(7-16-10(13)17-11)8-4-3-5-9(6-8)12(14)15/h2-6H,1,7H2. The Morgan fingerprint density at radius 3 is 2.82 bits per heavy atom. The van der Waals surface area contributed by atoms with E-state index in [2.05, 4.69) is 6.58 Å². The average Bonchev–Trinajstić information content (AvgIpc) is 2.72. The number of benzene rings is 1. The van der Waals surface area contributed by atoms with Crippen LogP contribution < -0.4 is 0 Å². The Morgan fingerprint density at radius 2 is 2.29 bits per heavy atom. The molecule has 0 saturated carbocycles. The van der Waals surface area contributed by atoms with Crippen molar-refractivity contribution in [1.29, 1.82) is 0 Å². The fourth-order valence-corrected chi connectivity index (χ4v) is 1.62. The molecule has 0 aliphatic carbocycles. The Balaban J connectivity index is 2.44. The molecule has 1 aromatic rings. The van der Waals surface area contributed by atoms with Crippen LogP contribution in [-0.4, -0.2) is 17.7 Å². The van der Waals surface area contributed by atoms with Crippen LogP contribution in [0.2, 0.25) is 0 Å². The Morgan fingerprint density at radius 1 is 1.53 bits per heavy atom. The largest absolute Gasteiger partial charge is 0.509 e. The molecule has 88 valence electrons. The van der Waals surface area contributed by atoms with Crippen molar-refractivity contribution in [2.75, 3.05) is 6.61 Å². The van der Waals surface area contributed by atoms with Gasteiger partial charge in [-0.15, -0.1) is 0 Å². The van der Waals surface area contributed by atoms with Gasteiger partial charge in [0, 0.05) is 17.7 Å². The molecule has 1 unspecified atom stereocenters. The molecule has 1 aromatic carbocycles. The second kappa shape index (κ2) is 3.89. The summed E-state index contributed by atoms with van der Waals surface area (Å²) in [5.74, 6) is 0. The minimum atomic E-state index is -1.14. The van der Waals surface area contributed by atoms with E-state index in [4.69, 9.17) is 9.47 Å². The van der Waals surface area contributed by atoms with Crippen molar-refractivity contribution in [3.05, 3.63) is 52.6 Å². The van der Waals surface area contributed by atoms with Crippen LogP contribution in [-0.2, 0) is 15.1 Å². The zero-order valence-electron chi connectivity index (χ0n) is 8.79. The summed E-state index contributed by atoms with van der Waals surface area (Å²) in [5.41, 5.74) is -0.748. The van der Waals surface area contributed by atoms with Gasteiger partial charge >= 0.3 is 6.16 Å². The molecule has 1 heterocycles. The van der Waals surface area contributed by atoms with E-state index in [1.807, 2.05) is 0 Å². The topological polar surface area (TPSA) is 78.7 Å². The lowest BCUT2D eigenvalue weighted by molar-refractivity contribution is -0.385. The van der Waals surface area contributed by atoms with Gasteiger partial charge in [0.25, 0.3) is 5.69 Å². The summed E-state index contributed by atoms with van der Waals surface area (Å²) in [7, 11) is 0. The molecule has 1 aliphatic heterocycles. The molecule has 6 heteroatoms. The van der Waals surface area contributed by atoms with E-state index in [-0.39, 0.29) is 12.3 Å². The highest BCUT2D eigenvalue weighted by atomic mass is 16.8. The van der Waals surface area contributed by atoms with Gasteiger partial charge in [0.15, 0.2) is 5.60 Å². The van der Waals surface area contributed by atoms with E-state index in [1.54, 1.807) is 6.07 Å². The number of rotatable bonds is 3. The van der Waals surface area contributed by atoms with Gasteiger partial charge in [0.1, 0.15) is 6.61 Å². The normalized spacial score (nSPS) is 22.7. The minimum Gasteiger partial charge on any atom is -0.429 e. The van der Waals surface area contributed by atoms with Gasteiger partial charge in [-0.3, -0.25) is 10.1 Å². The summed E-state index contributed by atoms with van der Waals surface area (Å²) in [4.78, 5) is 21.1. The Labute approximate surface area is 96.6 Å². The number of cyclic esters (lactones) is 2. The highest BCUT2D eigenvalue weighted by Crippen LogP contribution is 2.34. The first kappa shape index (κ1) is 11.1. The lowest BCUT2D eigenvalue weighted by Crippen LogP contribution is -2.25. The molecule has 0 amide bonds. The van der Waals surface area contributed by atoms with Crippen molar-refractivity contribution in [3.8, 4) is 0 Å². The lowest BCUT2D eigenvalue weighted by Gasteiger charge is -2.20. The van der Waals surface area contributed by atoms with Crippen LogP contribution in [0, 0.1) is 10.1 Å². The van der Waals surface area contributed by atoms with Crippen molar-refractivity contribution in [2.45, 2.75) is 5.60 Å². The fraction of sp³-hybridized carbons (Fsp3) is 0.182. The Hall–Kier alpha value is -2.37. The fourth-order valence-electron chi connectivity index (χ4n) is 1.62. The van der Waals surface area contributed by atoms with Crippen LogP contribution in [0.5, 0.6) is 0 Å². The smallest absolute Gasteiger partial charge is 0.429 e. The van der Waals surface area contributed by atoms with Crippen LogP contribution in [0.25, 0.3) is 0 Å². The van der Waals surface area contributed by atoms with Crippen LogP contribution in [0.3, 0.4) is 0 Å². The first-order valence-electron chi connectivity index (χ1n) is 4.82. The van der Waals surface area contributed by atoms with Crippen molar-refractivity contribution < 1.29 is 19.2 Å². The van der Waals surface area contributed by atoms with Gasteiger partial charge < -0.3 is 9.47 Å². The zero-order valence-corrected chi connectivity index (χ0v) is 8.79. The minimum absolute atomic E-state index is 0.0312. The molecule has 0 spiro atoms.